The van der Waals surface area contributed by atoms with Crippen molar-refractivity contribution in [3.05, 3.63) is 48.0 Å². The topological polar surface area (TPSA) is 93.7 Å². The first-order valence-corrected chi connectivity index (χ1v) is 13.9. The molecule has 0 amide bonds. The van der Waals surface area contributed by atoms with E-state index in [0.29, 0.717) is 17.1 Å². The lowest BCUT2D eigenvalue weighted by Gasteiger charge is -2.24. The number of anilines is 4. The smallest absolute Gasteiger partial charge is 0.228 e. The van der Waals surface area contributed by atoms with Crippen molar-refractivity contribution >= 4 is 45.7 Å². The van der Waals surface area contributed by atoms with Crippen molar-refractivity contribution in [2.24, 2.45) is 0 Å². The van der Waals surface area contributed by atoms with Gasteiger partial charge in [-0.2, -0.15) is 11.8 Å². The van der Waals surface area contributed by atoms with Crippen LogP contribution in [0.15, 0.2) is 36.5 Å². The molecule has 3 heterocycles. The van der Waals surface area contributed by atoms with Crippen LogP contribution in [-0.2, 0) is 12.3 Å². The highest BCUT2D eigenvalue weighted by Crippen LogP contribution is 2.43. The van der Waals surface area contributed by atoms with E-state index in [2.05, 4.69) is 29.7 Å². The molecule has 39 heavy (non-hydrogen) atoms. The van der Waals surface area contributed by atoms with Gasteiger partial charge < -0.3 is 34.9 Å². The molecule has 0 saturated carbocycles. The van der Waals surface area contributed by atoms with Gasteiger partial charge in [-0.1, -0.05) is 12.1 Å². The van der Waals surface area contributed by atoms with Gasteiger partial charge in [0.25, 0.3) is 0 Å². The first-order chi connectivity index (χ1) is 18.8. The number of thioether (sulfide) groups is 1. The number of para-hydroxylation sites is 1. The Labute approximate surface area is 232 Å². The number of nitrogen functional groups attached to an aromatic ring is 1. The minimum atomic E-state index is -0.487. The number of aryl methyl sites for hydroxylation is 1. The molecule has 11 heteroatoms. The molecule has 1 aliphatic rings. The Morgan fingerprint density at radius 3 is 2.67 bits per heavy atom. The van der Waals surface area contributed by atoms with E-state index in [-0.39, 0.29) is 11.6 Å². The number of benzene rings is 2. The van der Waals surface area contributed by atoms with Gasteiger partial charge in [0.1, 0.15) is 17.2 Å². The van der Waals surface area contributed by atoms with Crippen molar-refractivity contribution in [1.82, 2.24) is 19.4 Å². The van der Waals surface area contributed by atoms with Crippen LogP contribution in [0.5, 0.6) is 11.5 Å². The molecule has 0 fully saturated rings. The highest BCUT2D eigenvalue weighted by atomic mass is 32.2. The minimum absolute atomic E-state index is 0.244. The first-order valence-electron chi connectivity index (χ1n) is 12.7. The monoisotopic (exact) mass is 551 g/mol. The van der Waals surface area contributed by atoms with Crippen molar-refractivity contribution in [1.29, 1.82) is 0 Å². The summed E-state index contributed by atoms with van der Waals surface area (Å²) in [5, 5.41) is 4.11. The average Bonchev–Trinajstić information content (AvgIpc) is 3.27. The standard InChI is InChI=1S/C28H34FN7O2S/c1-34(2)9-10-35(3)21-14-24(38-5)20(13-19(21)30)32-28-31-15-18(29)26(33-28)25-17-7-6-8-23(37-4)27(17)36-11-12-39-16-22(25)36/h6-8,13-15H,9-12,16,30H2,1-5H3,(H,31,32,33). The minimum Gasteiger partial charge on any atom is -0.495 e. The molecule has 0 unspecified atom stereocenters. The number of halogens is 1. The lowest BCUT2D eigenvalue weighted by molar-refractivity contribution is 0.413. The predicted molar refractivity (Wildman–Crippen MR) is 158 cm³/mol. The van der Waals surface area contributed by atoms with Crippen molar-refractivity contribution in [3.63, 3.8) is 0 Å². The Bertz CT molecular complexity index is 1510. The second kappa shape index (κ2) is 11.2. The maximum absolute atomic E-state index is 15.4. The summed E-state index contributed by atoms with van der Waals surface area (Å²) < 4.78 is 28.9. The third-order valence-electron chi connectivity index (χ3n) is 6.94. The zero-order chi connectivity index (χ0) is 27.7. The summed E-state index contributed by atoms with van der Waals surface area (Å²) in [6.07, 6.45) is 1.20. The van der Waals surface area contributed by atoms with E-state index in [0.717, 1.165) is 64.7 Å². The Morgan fingerprint density at radius 2 is 1.92 bits per heavy atom. The van der Waals surface area contributed by atoms with Crippen molar-refractivity contribution in [2.45, 2.75) is 12.3 Å². The maximum atomic E-state index is 15.4. The predicted octanol–water partition coefficient (Wildman–Crippen LogP) is 4.83. The molecule has 4 aromatic rings. The Hall–Kier alpha value is -3.70. The number of rotatable bonds is 9. The summed E-state index contributed by atoms with van der Waals surface area (Å²) in [6, 6.07) is 9.53. The van der Waals surface area contributed by atoms with E-state index in [1.165, 1.54) is 6.20 Å². The third-order valence-corrected chi connectivity index (χ3v) is 7.89. The van der Waals surface area contributed by atoms with Gasteiger partial charge in [-0.3, -0.25) is 0 Å². The van der Waals surface area contributed by atoms with Crippen molar-refractivity contribution < 1.29 is 13.9 Å². The number of nitrogens with zero attached hydrogens (tertiary/aromatic N) is 5. The molecule has 2 aromatic carbocycles. The molecule has 0 aliphatic carbocycles. The van der Waals surface area contributed by atoms with Crippen LogP contribution in [0.4, 0.5) is 27.4 Å². The Balaban J connectivity index is 1.55. The quantitative estimate of drug-likeness (QED) is 0.284. The number of ether oxygens (including phenoxy) is 2. The van der Waals surface area contributed by atoms with Crippen LogP contribution < -0.4 is 25.4 Å². The molecule has 1 aliphatic heterocycles. The van der Waals surface area contributed by atoms with E-state index in [1.807, 2.05) is 57.2 Å². The number of hydrogen-bond donors (Lipinski definition) is 2. The highest BCUT2D eigenvalue weighted by molar-refractivity contribution is 7.98. The molecule has 5 rings (SSSR count). The lowest BCUT2D eigenvalue weighted by Crippen LogP contribution is -2.29. The molecule has 0 radical (unpaired) electrons. The van der Waals surface area contributed by atoms with Gasteiger partial charge in [0.05, 0.1) is 43.0 Å². The zero-order valence-electron chi connectivity index (χ0n) is 22.9. The van der Waals surface area contributed by atoms with E-state index in [1.54, 1.807) is 20.3 Å². The van der Waals surface area contributed by atoms with Gasteiger partial charge in [-0.25, -0.2) is 14.4 Å². The van der Waals surface area contributed by atoms with Crippen LogP contribution in [0.2, 0.25) is 0 Å². The first kappa shape index (κ1) is 26.9. The van der Waals surface area contributed by atoms with Crippen LogP contribution in [0.25, 0.3) is 22.2 Å². The van der Waals surface area contributed by atoms with Gasteiger partial charge in [0.2, 0.25) is 5.95 Å². The Morgan fingerprint density at radius 1 is 1.13 bits per heavy atom. The molecular formula is C28H34FN7O2S. The lowest BCUT2D eigenvalue weighted by atomic mass is 10.1. The Kier molecular flexibility index (Phi) is 7.72. The summed E-state index contributed by atoms with van der Waals surface area (Å²) in [7, 11) is 9.31. The fourth-order valence-corrected chi connectivity index (χ4v) is 5.90. The zero-order valence-corrected chi connectivity index (χ0v) is 23.7. The maximum Gasteiger partial charge on any atom is 0.228 e. The number of nitrogens with one attached hydrogen (secondary N) is 1. The molecule has 206 valence electrons. The molecule has 9 nitrogen and oxygen atoms in total. The molecule has 2 aromatic heterocycles. The van der Waals surface area contributed by atoms with Crippen molar-refractivity contribution in [2.75, 3.05) is 70.2 Å². The normalized spacial score (nSPS) is 13.0. The SMILES string of the molecule is COc1cc(N(C)CCN(C)C)c(N)cc1Nc1ncc(F)c(-c2c3n(c4c(OC)cccc24)CCSC3)n1. The number of aromatic nitrogens is 3. The molecule has 0 spiro atoms. The largest absolute Gasteiger partial charge is 0.495 e. The number of fused-ring (bicyclic) bond motifs is 3. The van der Waals surface area contributed by atoms with E-state index < -0.39 is 5.82 Å². The second-order valence-corrected chi connectivity index (χ2v) is 10.8. The van der Waals surface area contributed by atoms with Gasteiger partial charge in [-0.05, 0) is 26.2 Å². The fraction of sp³-hybridized carbons (Fsp3) is 0.357. The summed E-state index contributed by atoms with van der Waals surface area (Å²) in [5.74, 6) is 2.84. The molecule has 0 bridgehead atoms. The molecular weight excluding hydrogens is 517 g/mol. The highest BCUT2D eigenvalue weighted by Gasteiger charge is 2.26. The van der Waals surface area contributed by atoms with Gasteiger partial charge in [0, 0.05) is 60.9 Å². The number of nitrogens with two attached hydrogens (primary N) is 1. The summed E-state index contributed by atoms with van der Waals surface area (Å²) in [4.78, 5) is 13.1. The van der Waals surface area contributed by atoms with Crippen LogP contribution in [0, 0.1) is 5.82 Å². The van der Waals surface area contributed by atoms with E-state index >= 15 is 4.39 Å². The second-order valence-electron chi connectivity index (χ2n) is 9.73. The summed E-state index contributed by atoms with van der Waals surface area (Å²) >= 11 is 1.82. The van der Waals surface area contributed by atoms with Crippen molar-refractivity contribution in [3.8, 4) is 22.8 Å². The molecule has 3 N–H and O–H groups in total. The van der Waals surface area contributed by atoms with Crippen LogP contribution in [0.1, 0.15) is 5.69 Å². The van der Waals surface area contributed by atoms with Crippen LogP contribution in [-0.4, -0.2) is 73.6 Å². The van der Waals surface area contributed by atoms with E-state index in [9.17, 15) is 0 Å². The van der Waals surface area contributed by atoms with Gasteiger partial charge in [-0.15, -0.1) is 0 Å². The van der Waals surface area contributed by atoms with Gasteiger partial charge in [0.15, 0.2) is 5.82 Å². The van der Waals surface area contributed by atoms with Gasteiger partial charge >= 0.3 is 0 Å². The number of methoxy groups -OCH3 is 2. The summed E-state index contributed by atoms with van der Waals surface area (Å²) in [6.45, 7) is 2.50. The number of hydrogen-bond acceptors (Lipinski definition) is 9. The molecule has 0 atom stereocenters. The van der Waals surface area contributed by atoms with Crippen LogP contribution in [0.3, 0.4) is 0 Å². The summed E-state index contributed by atoms with van der Waals surface area (Å²) in [5.41, 5.74) is 11.5. The van der Waals surface area contributed by atoms with Crippen LogP contribution >= 0.6 is 11.8 Å². The molecule has 0 saturated heterocycles. The average molecular weight is 552 g/mol. The third kappa shape index (κ3) is 5.16. The number of likely N-dealkylation sites (N-methyl/N-ethyl adjacent to an activating group) is 2. The fourth-order valence-electron chi connectivity index (χ4n) is 4.95. The van der Waals surface area contributed by atoms with E-state index in [4.69, 9.17) is 15.2 Å².